The van der Waals surface area contributed by atoms with Crippen molar-refractivity contribution in [2.75, 3.05) is 0 Å². The van der Waals surface area contributed by atoms with Gasteiger partial charge in [-0.25, -0.2) is 9.97 Å². The Morgan fingerprint density at radius 1 is 1.31 bits per heavy atom. The van der Waals surface area contributed by atoms with Gasteiger partial charge in [0.05, 0.1) is 19.9 Å². The standard InChI is InChI=1S/C11H12BrN3S/c1-11(2,13)10-14-6-5-7(15-10)8-3-4-9(12)16-8/h3-6H,13H2,1-2H3. The molecular weight excluding hydrogens is 286 g/mol. The highest BCUT2D eigenvalue weighted by atomic mass is 79.9. The fraction of sp³-hybridized carbons (Fsp3) is 0.273. The molecule has 0 bridgehead atoms. The summed E-state index contributed by atoms with van der Waals surface area (Å²) >= 11 is 5.08. The minimum absolute atomic E-state index is 0.509. The third-order valence-corrected chi connectivity index (χ3v) is 3.70. The van der Waals surface area contributed by atoms with Crippen LogP contribution in [0.3, 0.4) is 0 Å². The third-order valence-electron chi connectivity index (χ3n) is 2.06. The first kappa shape index (κ1) is 11.7. The molecule has 2 heterocycles. The van der Waals surface area contributed by atoms with Crippen molar-refractivity contribution in [3.05, 3.63) is 34.0 Å². The van der Waals surface area contributed by atoms with Crippen molar-refractivity contribution in [3.8, 4) is 10.6 Å². The molecule has 2 aromatic rings. The number of halogens is 1. The minimum atomic E-state index is -0.509. The van der Waals surface area contributed by atoms with Crippen molar-refractivity contribution in [2.24, 2.45) is 5.73 Å². The lowest BCUT2D eigenvalue weighted by Crippen LogP contribution is -2.31. The maximum atomic E-state index is 5.98. The molecule has 3 nitrogen and oxygen atoms in total. The summed E-state index contributed by atoms with van der Waals surface area (Å²) in [5.41, 5.74) is 6.38. The zero-order chi connectivity index (χ0) is 11.8. The third kappa shape index (κ3) is 2.48. The Morgan fingerprint density at radius 2 is 2.06 bits per heavy atom. The van der Waals surface area contributed by atoms with E-state index in [2.05, 4.69) is 25.9 Å². The summed E-state index contributed by atoms with van der Waals surface area (Å²) in [4.78, 5) is 9.79. The molecule has 0 aromatic carbocycles. The van der Waals surface area contributed by atoms with Crippen molar-refractivity contribution < 1.29 is 0 Å². The first-order valence-electron chi connectivity index (χ1n) is 4.85. The van der Waals surface area contributed by atoms with Crippen LogP contribution in [-0.4, -0.2) is 9.97 Å². The molecule has 0 unspecified atom stereocenters. The second-order valence-electron chi connectivity index (χ2n) is 4.09. The monoisotopic (exact) mass is 297 g/mol. The van der Waals surface area contributed by atoms with Crippen LogP contribution < -0.4 is 5.73 Å². The second-order valence-corrected chi connectivity index (χ2v) is 6.55. The van der Waals surface area contributed by atoms with Gasteiger partial charge in [-0.05, 0) is 48.0 Å². The number of thiophene rings is 1. The van der Waals surface area contributed by atoms with Gasteiger partial charge < -0.3 is 5.73 Å². The van der Waals surface area contributed by atoms with Crippen LogP contribution in [-0.2, 0) is 5.54 Å². The van der Waals surface area contributed by atoms with Gasteiger partial charge in [0.2, 0.25) is 0 Å². The molecule has 84 valence electrons. The molecule has 5 heteroatoms. The average molecular weight is 298 g/mol. The quantitative estimate of drug-likeness (QED) is 0.926. The van der Waals surface area contributed by atoms with Crippen molar-refractivity contribution in [1.29, 1.82) is 0 Å². The molecule has 0 aliphatic carbocycles. The molecule has 16 heavy (non-hydrogen) atoms. The van der Waals surface area contributed by atoms with Gasteiger partial charge in [-0.15, -0.1) is 11.3 Å². The van der Waals surface area contributed by atoms with Crippen LogP contribution >= 0.6 is 27.3 Å². The fourth-order valence-electron chi connectivity index (χ4n) is 1.26. The zero-order valence-corrected chi connectivity index (χ0v) is 11.5. The number of aromatic nitrogens is 2. The fourth-order valence-corrected chi connectivity index (χ4v) is 2.61. The second kappa shape index (κ2) is 4.24. The van der Waals surface area contributed by atoms with E-state index in [1.54, 1.807) is 17.5 Å². The molecule has 0 atom stereocenters. The van der Waals surface area contributed by atoms with Crippen molar-refractivity contribution in [1.82, 2.24) is 9.97 Å². The molecule has 0 aliphatic heterocycles. The first-order valence-corrected chi connectivity index (χ1v) is 6.46. The van der Waals surface area contributed by atoms with Gasteiger partial charge in [-0.1, -0.05) is 0 Å². The van der Waals surface area contributed by atoms with Crippen LogP contribution in [0, 0.1) is 0 Å². The van der Waals surface area contributed by atoms with Gasteiger partial charge >= 0.3 is 0 Å². The number of hydrogen-bond acceptors (Lipinski definition) is 4. The van der Waals surface area contributed by atoms with Crippen LogP contribution in [0.1, 0.15) is 19.7 Å². The summed E-state index contributed by atoms with van der Waals surface area (Å²) in [7, 11) is 0. The van der Waals surface area contributed by atoms with Crippen LogP contribution in [0.25, 0.3) is 10.6 Å². The summed E-state index contributed by atoms with van der Waals surface area (Å²) in [6.07, 6.45) is 1.75. The van der Waals surface area contributed by atoms with E-state index in [9.17, 15) is 0 Å². The molecule has 0 aliphatic rings. The summed E-state index contributed by atoms with van der Waals surface area (Å²) in [6, 6.07) is 5.94. The summed E-state index contributed by atoms with van der Waals surface area (Å²) in [6.45, 7) is 3.80. The molecule has 2 rings (SSSR count). The van der Waals surface area contributed by atoms with E-state index < -0.39 is 5.54 Å². The van der Waals surface area contributed by atoms with E-state index in [1.165, 1.54) is 0 Å². The summed E-state index contributed by atoms with van der Waals surface area (Å²) in [5, 5.41) is 0. The first-order chi connectivity index (χ1) is 7.47. The SMILES string of the molecule is CC(C)(N)c1nccc(-c2ccc(Br)s2)n1. The predicted molar refractivity (Wildman–Crippen MR) is 70.3 cm³/mol. The number of rotatable bonds is 2. The molecule has 0 spiro atoms. The van der Waals surface area contributed by atoms with Crippen molar-refractivity contribution >= 4 is 27.3 Å². The van der Waals surface area contributed by atoms with Gasteiger partial charge in [0.25, 0.3) is 0 Å². The van der Waals surface area contributed by atoms with Crippen LogP contribution in [0.2, 0.25) is 0 Å². The van der Waals surface area contributed by atoms with Gasteiger partial charge in [0.15, 0.2) is 0 Å². The van der Waals surface area contributed by atoms with E-state index in [1.807, 2.05) is 32.0 Å². The normalized spacial score (nSPS) is 11.8. The van der Waals surface area contributed by atoms with E-state index >= 15 is 0 Å². The van der Waals surface area contributed by atoms with E-state index in [0.717, 1.165) is 14.4 Å². The zero-order valence-electron chi connectivity index (χ0n) is 9.07. The molecule has 0 saturated carbocycles. The molecule has 2 N–H and O–H groups in total. The number of nitrogens with two attached hydrogens (primary N) is 1. The Labute approximate surface area is 107 Å². The van der Waals surface area contributed by atoms with Gasteiger partial charge in [0.1, 0.15) is 5.82 Å². The highest BCUT2D eigenvalue weighted by Gasteiger charge is 2.18. The Balaban J connectivity index is 2.44. The Hall–Kier alpha value is -0.780. The number of nitrogens with zero attached hydrogens (tertiary/aromatic N) is 2. The molecule has 2 aromatic heterocycles. The van der Waals surface area contributed by atoms with Gasteiger partial charge in [-0.2, -0.15) is 0 Å². The number of hydrogen-bond donors (Lipinski definition) is 1. The minimum Gasteiger partial charge on any atom is -0.319 e. The molecular formula is C11H12BrN3S. The topological polar surface area (TPSA) is 51.8 Å². The maximum Gasteiger partial charge on any atom is 0.148 e. The van der Waals surface area contributed by atoms with E-state index in [0.29, 0.717) is 5.82 Å². The largest absolute Gasteiger partial charge is 0.319 e. The summed E-state index contributed by atoms with van der Waals surface area (Å²) < 4.78 is 1.09. The lowest BCUT2D eigenvalue weighted by molar-refractivity contribution is 0.514. The van der Waals surface area contributed by atoms with Crippen LogP contribution in [0.4, 0.5) is 0 Å². The van der Waals surface area contributed by atoms with Gasteiger partial charge in [0, 0.05) is 6.20 Å². The smallest absolute Gasteiger partial charge is 0.148 e. The Bertz CT molecular complexity index is 502. The highest BCUT2D eigenvalue weighted by molar-refractivity contribution is 9.11. The Kier molecular flexibility index (Phi) is 3.10. The molecule has 0 radical (unpaired) electrons. The predicted octanol–water partition coefficient (Wildman–Crippen LogP) is 3.16. The van der Waals surface area contributed by atoms with E-state index in [4.69, 9.17) is 5.73 Å². The molecule has 0 saturated heterocycles. The van der Waals surface area contributed by atoms with Gasteiger partial charge in [-0.3, -0.25) is 0 Å². The van der Waals surface area contributed by atoms with Crippen molar-refractivity contribution in [2.45, 2.75) is 19.4 Å². The lowest BCUT2D eigenvalue weighted by atomic mass is 10.1. The summed E-state index contributed by atoms with van der Waals surface area (Å²) in [5.74, 6) is 0.662. The molecule has 0 fully saturated rings. The maximum absolute atomic E-state index is 5.98. The molecule has 0 amide bonds. The average Bonchev–Trinajstić information content (AvgIpc) is 2.64. The Morgan fingerprint density at radius 3 is 2.62 bits per heavy atom. The van der Waals surface area contributed by atoms with E-state index in [-0.39, 0.29) is 0 Å². The van der Waals surface area contributed by atoms with Crippen LogP contribution in [0.5, 0.6) is 0 Å². The van der Waals surface area contributed by atoms with Crippen LogP contribution in [0.15, 0.2) is 28.2 Å². The van der Waals surface area contributed by atoms with Crippen molar-refractivity contribution in [3.63, 3.8) is 0 Å². The lowest BCUT2D eigenvalue weighted by Gasteiger charge is -2.16. The highest BCUT2D eigenvalue weighted by Crippen LogP contribution is 2.30.